The van der Waals surface area contributed by atoms with Gasteiger partial charge in [-0.25, -0.2) is 9.37 Å². The van der Waals surface area contributed by atoms with E-state index in [0.717, 1.165) is 43.3 Å². The Balaban J connectivity index is 1.55. The molecule has 0 bridgehead atoms. The van der Waals surface area contributed by atoms with E-state index < -0.39 is 5.82 Å². The van der Waals surface area contributed by atoms with Gasteiger partial charge in [0.05, 0.1) is 10.7 Å². The zero-order valence-corrected chi connectivity index (χ0v) is 19.0. The van der Waals surface area contributed by atoms with E-state index in [0.29, 0.717) is 33.0 Å². The molecule has 2 aromatic heterocycles. The number of phenols is 1. The van der Waals surface area contributed by atoms with Gasteiger partial charge >= 0.3 is 4.87 Å². The van der Waals surface area contributed by atoms with Gasteiger partial charge in [0.15, 0.2) is 0 Å². The van der Waals surface area contributed by atoms with E-state index >= 15 is 0 Å². The van der Waals surface area contributed by atoms with Crippen LogP contribution in [0.5, 0.6) is 5.75 Å². The number of halogens is 2. The van der Waals surface area contributed by atoms with Crippen molar-refractivity contribution in [2.24, 2.45) is 0 Å². The molecule has 4 aromatic rings. The van der Waals surface area contributed by atoms with Crippen molar-refractivity contribution in [2.75, 3.05) is 31.1 Å². The number of anilines is 1. The number of aromatic nitrogens is 2. The molecule has 6 nitrogen and oxygen atoms in total. The summed E-state index contributed by atoms with van der Waals surface area (Å²) in [6, 6.07) is 11.2. The second kappa shape index (κ2) is 8.97. The highest BCUT2D eigenvalue weighted by Gasteiger charge is 2.18. The predicted octanol–water partition coefficient (Wildman–Crippen LogP) is 4.54. The van der Waals surface area contributed by atoms with Crippen LogP contribution < -0.4 is 15.1 Å². The van der Waals surface area contributed by atoms with Gasteiger partial charge in [0.1, 0.15) is 17.4 Å². The summed E-state index contributed by atoms with van der Waals surface area (Å²) in [4.78, 5) is 18.4. The Labute approximate surface area is 198 Å². The van der Waals surface area contributed by atoms with Crippen molar-refractivity contribution in [3.63, 3.8) is 0 Å². The molecular weight excluding hydrogens is 463 g/mol. The van der Waals surface area contributed by atoms with Gasteiger partial charge in [-0.15, -0.1) is 0 Å². The fourth-order valence-corrected chi connectivity index (χ4v) is 4.85. The third-order valence-corrected chi connectivity index (χ3v) is 6.62. The first-order valence-electron chi connectivity index (χ1n) is 10.4. The zero-order valence-electron chi connectivity index (χ0n) is 17.5. The highest BCUT2D eigenvalue weighted by Crippen LogP contribution is 2.40. The molecule has 3 heterocycles. The lowest BCUT2D eigenvalue weighted by atomic mass is 9.97. The fraction of sp³-hybridized carbons (Fsp3) is 0.167. The predicted molar refractivity (Wildman–Crippen MR) is 130 cm³/mol. The summed E-state index contributed by atoms with van der Waals surface area (Å²) in [6.45, 7) is 3.40. The van der Waals surface area contributed by atoms with Gasteiger partial charge in [0.2, 0.25) is 0 Å². The van der Waals surface area contributed by atoms with Crippen molar-refractivity contribution in [3.05, 3.63) is 80.7 Å². The highest BCUT2D eigenvalue weighted by atomic mass is 35.5. The quantitative estimate of drug-likeness (QED) is 0.447. The average molecular weight is 483 g/mol. The number of hydrogen-bond acceptors (Lipinski definition) is 6. The van der Waals surface area contributed by atoms with E-state index in [-0.39, 0.29) is 10.6 Å². The molecule has 1 saturated heterocycles. The number of benzene rings is 2. The molecule has 0 atom stereocenters. The van der Waals surface area contributed by atoms with E-state index in [1.165, 1.54) is 16.7 Å². The first kappa shape index (κ1) is 21.6. The number of phenolic OH excluding ortho intramolecular Hbond substituents is 1. The first-order valence-corrected chi connectivity index (χ1v) is 11.7. The lowest BCUT2D eigenvalue weighted by Gasteiger charge is -2.28. The van der Waals surface area contributed by atoms with Gasteiger partial charge in [0, 0.05) is 55.1 Å². The first-order chi connectivity index (χ1) is 16.0. The van der Waals surface area contributed by atoms with Crippen LogP contribution in [0.1, 0.15) is 0 Å². The van der Waals surface area contributed by atoms with Crippen molar-refractivity contribution in [1.29, 1.82) is 0 Å². The normalized spacial score (nSPS) is 13.9. The van der Waals surface area contributed by atoms with Crippen molar-refractivity contribution >= 4 is 28.8 Å². The van der Waals surface area contributed by atoms with Crippen LogP contribution in [-0.4, -0.2) is 40.8 Å². The average Bonchev–Trinajstić information content (AvgIpc) is 3.26. The summed E-state index contributed by atoms with van der Waals surface area (Å²) in [5.74, 6) is 0.255. The van der Waals surface area contributed by atoms with E-state index in [1.54, 1.807) is 42.0 Å². The summed E-state index contributed by atoms with van der Waals surface area (Å²) in [5, 5.41) is 16.4. The van der Waals surface area contributed by atoms with Gasteiger partial charge in [-0.2, -0.15) is 0 Å². The minimum Gasteiger partial charge on any atom is -0.507 e. The topological polar surface area (TPSA) is 70.4 Å². The Morgan fingerprint density at radius 2 is 1.79 bits per heavy atom. The van der Waals surface area contributed by atoms with Crippen molar-refractivity contribution < 1.29 is 9.50 Å². The molecule has 0 spiro atoms. The molecule has 168 valence electrons. The maximum absolute atomic E-state index is 14.7. The molecule has 0 amide bonds. The van der Waals surface area contributed by atoms with E-state index in [4.69, 9.17) is 11.6 Å². The number of nitrogens with one attached hydrogen (secondary N) is 1. The smallest absolute Gasteiger partial charge is 0.311 e. The Bertz CT molecular complexity index is 1380. The van der Waals surface area contributed by atoms with Crippen molar-refractivity contribution in [1.82, 2.24) is 14.9 Å². The second-order valence-electron chi connectivity index (χ2n) is 7.69. The van der Waals surface area contributed by atoms with Gasteiger partial charge in [-0.3, -0.25) is 9.36 Å². The van der Waals surface area contributed by atoms with Gasteiger partial charge < -0.3 is 15.3 Å². The molecule has 9 heteroatoms. The lowest BCUT2D eigenvalue weighted by Crippen LogP contribution is -2.43. The molecule has 1 aliphatic rings. The molecule has 1 aliphatic heterocycles. The number of aromatic hydroxyl groups is 1. The monoisotopic (exact) mass is 482 g/mol. The van der Waals surface area contributed by atoms with Crippen LogP contribution in [0.15, 0.2) is 65.0 Å². The maximum Gasteiger partial charge on any atom is 0.311 e. The summed E-state index contributed by atoms with van der Waals surface area (Å²) in [6.07, 6.45) is 3.31. The summed E-state index contributed by atoms with van der Waals surface area (Å²) in [5.41, 5.74) is 2.43. The van der Waals surface area contributed by atoms with Crippen LogP contribution in [0, 0.1) is 5.82 Å². The molecule has 2 aromatic carbocycles. The Morgan fingerprint density at radius 3 is 2.45 bits per heavy atom. The summed E-state index contributed by atoms with van der Waals surface area (Å²) < 4.78 is 16.1. The molecule has 33 heavy (non-hydrogen) atoms. The molecular formula is C24H20ClFN4O2S. The van der Waals surface area contributed by atoms with Gasteiger partial charge in [-0.05, 0) is 47.5 Å². The van der Waals surface area contributed by atoms with E-state index in [9.17, 15) is 14.3 Å². The van der Waals surface area contributed by atoms with Crippen LogP contribution in [0.2, 0.25) is 5.02 Å². The number of pyridine rings is 1. The minimum absolute atomic E-state index is 0.0506. The molecule has 2 N–H and O–H groups in total. The van der Waals surface area contributed by atoms with Crippen LogP contribution in [-0.2, 0) is 0 Å². The van der Waals surface area contributed by atoms with Crippen LogP contribution in [0.4, 0.5) is 10.2 Å². The van der Waals surface area contributed by atoms with Crippen LogP contribution in [0.25, 0.3) is 27.9 Å². The number of thiazole rings is 1. The molecule has 1 fully saturated rings. The lowest BCUT2D eigenvalue weighted by molar-refractivity contribution is 0.477. The van der Waals surface area contributed by atoms with Crippen molar-refractivity contribution in [3.8, 4) is 33.7 Å². The Morgan fingerprint density at radius 1 is 1.06 bits per heavy atom. The SMILES string of the molecule is O=c1sccn1-c1ccc(-c2cc(F)cc(-c3ccnc(N4CCNCC4)c3)c2O)cc1Cl. The summed E-state index contributed by atoms with van der Waals surface area (Å²) in [7, 11) is 0. The van der Waals surface area contributed by atoms with Crippen LogP contribution in [0.3, 0.4) is 0 Å². The highest BCUT2D eigenvalue weighted by molar-refractivity contribution is 7.07. The fourth-order valence-electron chi connectivity index (χ4n) is 4.01. The Kier molecular flexibility index (Phi) is 5.88. The number of piperazine rings is 1. The zero-order chi connectivity index (χ0) is 22.9. The molecule has 0 aliphatic carbocycles. The largest absolute Gasteiger partial charge is 0.507 e. The van der Waals surface area contributed by atoms with Gasteiger partial charge in [0.25, 0.3) is 0 Å². The van der Waals surface area contributed by atoms with E-state index in [1.807, 2.05) is 6.07 Å². The third-order valence-electron chi connectivity index (χ3n) is 5.67. The number of hydrogen-bond donors (Lipinski definition) is 2. The van der Waals surface area contributed by atoms with Crippen LogP contribution >= 0.6 is 22.9 Å². The standard InChI is InChI=1S/C24H20ClFN4O2S/c25-20-11-15(1-2-21(20)30-9-10-33-24(30)32)18-13-17(26)14-19(23(18)31)16-3-4-28-22(12-16)29-7-5-27-6-8-29/h1-4,9-14,27,31H,5-8H2. The van der Waals surface area contributed by atoms with E-state index in [2.05, 4.69) is 15.2 Å². The molecule has 0 radical (unpaired) electrons. The molecule has 0 unspecified atom stereocenters. The third kappa shape index (κ3) is 4.25. The Hall–Kier alpha value is -3.20. The second-order valence-corrected chi connectivity index (χ2v) is 8.96. The minimum atomic E-state index is -0.479. The van der Waals surface area contributed by atoms with Gasteiger partial charge in [-0.1, -0.05) is 29.0 Å². The molecule has 5 rings (SSSR count). The van der Waals surface area contributed by atoms with Crippen molar-refractivity contribution in [2.45, 2.75) is 0 Å². The number of nitrogens with zero attached hydrogens (tertiary/aromatic N) is 3. The summed E-state index contributed by atoms with van der Waals surface area (Å²) >= 11 is 7.52. The maximum atomic E-state index is 14.7. The number of rotatable bonds is 4. The molecule has 0 saturated carbocycles.